The number of hydrogen-bond acceptors (Lipinski definition) is 0. The first-order chi connectivity index (χ1) is 5.63. The van der Waals surface area contributed by atoms with Gasteiger partial charge in [0.25, 0.3) is 0 Å². The predicted molar refractivity (Wildman–Crippen MR) is 53.5 cm³/mol. The maximum Gasteiger partial charge on any atom is 0.0282 e. The Labute approximate surface area is 80.7 Å². The SMILES string of the molecule is CC(C)C1(CCl)CC2(CCC2)C1. The summed E-state index contributed by atoms with van der Waals surface area (Å²) in [4.78, 5) is 0. The molecule has 2 aliphatic carbocycles. The van der Waals surface area contributed by atoms with Crippen LogP contribution < -0.4 is 0 Å². The van der Waals surface area contributed by atoms with E-state index in [1.165, 1.54) is 32.1 Å². The normalized spacial score (nSPS) is 30.0. The third-order valence-corrected chi connectivity index (χ3v) is 4.89. The summed E-state index contributed by atoms with van der Waals surface area (Å²) in [5, 5.41) is 0. The second-order valence-electron chi connectivity index (χ2n) is 5.36. The van der Waals surface area contributed by atoms with Gasteiger partial charge in [-0.15, -0.1) is 11.6 Å². The van der Waals surface area contributed by atoms with E-state index in [0.717, 1.165) is 17.2 Å². The Bertz CT molecular complexity index is 171. The number of halogens is 1. The number of alkyl halides is 1. The van der Waals surface area contributed by atoms with E-state index < -0.39 is 0 Å². The highest BCUT2D eigenvalue weighted by atomic mass is 35.5. The second kappa shape index (κ2) is 2.64. The minimum absolute atomic E-state index is 0.516. The molecule has 0 aromatic heterocycles. The van der Waals surface area contributed by atoms with E-state index in [1.807, 2.05) is 0 Å². The molecular formula is C11H19Cl. The van der Waals surface area contributed by atoms with Gasteiger partial charge in [-0.25, -0.2) is 0 Å². The monoisotopic (exact) mass is 186 g/mol. The summed E-state index contributed by atoms with van der Waals surface area (Å²) in [5.41, 5.74) is 1.29. The maximum atomic E-state index is 6.06. The van der Waals surface area contributed by atoms with Crippen LogP contribution in [-0.2, 0) is 0 Å². The third kappa shape index (κ3) is 1.04. The first kappa shape index (κ1) is 8.87. The molecule has 2 aliphatic rings. The summed E-state index contributed by atoms with van der Waals surface area (Å²) in [5.74, 6) is 1.66. The van der Waals surface area contributed by atoms with E-state index >= 15 is 0 Å². The first-order valence-corrected chi connectivity index (χ1v) is 5.72. The van der Waals surface area contributed by atoms with Gasteiger partial charge in [-0.3, -0.25) is 0 Å². The highest BCUT2D eigenvalue weighted by Crippen LogP contribution is 2.67. The van der Waals surface area contributed by atoms with Crippen LogP contribution in [0.4, 0.5) is 0 Å². The molecule has 0 saturated heterocycles. The Morgan fingerprint density at radius 2 is 1.83 bits per heavy atom. The second-order valence-corrected chi connectivity index (χ2v) is 5.63. The highest BCUT2D eigenvalue weighted by Gasteiger charge is 2.57. The zero-order valence-corrected chi connectivity index (χ0v) is 8.95. The molecule has 0 atom stereocenters. The fourth-order valence-electron chi connectivity index (χ4n) is 3.13. The Morgan fingerprint density at radius 1 is 1.25 bits per heavy atom. The van der Waals surface area contributed by atoms with Gasteiger partial charge in [0, 0.05) is 5.88 Å². The lowest BCUT2D eigenvalue weighted by molar-refractivity contribution is -0.108. The molecule has 0 N–H and O–H groups in total. The van der Waals surface area contributed by atoms with Crippen LogP contribution >= 0.6 is 11.6 Å². The fraction of sp³-hybridized carbons (Fsp3) is 1.00. The molecule has 2 saturated carbocycles. The van der Waals surface area contributed by atoms with E-state index in [9.17, 15) is 0 Å². The van der Waals surface area contributed by atoms with Crippen LogP contribution in [0, 0.1) is 16.7 Å². The minimum atomic E-state index is 0.516. The minimum Gasteiger partial charge on any atom is -0.126 e. The maximum absolute atomic E-state index is 6.06. The third-order valence-electron chi connectivity index (χ3n) is 4.36. The molecule has 2 rings (SSSR count). The fourth-order valence-corrected chi connectivity index (χ4v) is 3.63. The lowest BCUT2D eigenvalue weighted by Crippen LogP contribution is -2.53. The van der Waals surface area contributed by atoms with Crippen LogP contribution in [0.2, 0.25) is 0 Å². The molecule has 1 heteroatoms. The zero-order chi connectivity index (χ0) is 8.82. The molecule has 12 heavy (non-hydrogen) atoms. The standard InChI is InChI=1S/C11H19Cl/c1-9(2)11(8-12)6-10(7-11)4-3-5-10/h9H,3-8H2,1-2H3. The molecule has 0 aromatic carbocycles. The largest absolute Gasteiger partial charge is 0.126 e. The van der Waals surface area contributed by atoms with Crippen LogP contribution in [0.25, 0.3) is 0 Å². The molecule has 0 bridgehead atoms. The first-order valence-electron chi connectivity index (χ1n) is 5.19. The molecule has 0 amide bonds. The van der Waals surface area contributed by atoms with Gasteiger partial charge in [0.05, 0.1) is 0 Å². The Kier molecular flexibility index (Phi) is 1.95. The van der Waals surface area contributed by atoms with Crippen LogP contribution in [0.3, 0.4) is 0 Å². The van der Waals surface area contributed by atoms with Gasteiger partial charge < -0.3 is 0 Å². The number of rotatable bonds is 2. The van der Waals surface area contributed by atoms with E-state index in [1.54, 1.807) is 0 Å². The van der Waals surface area contributed by atoms with Crippen molar-refractivity contribution >= 4 is 11.6 Å². The molecule has 2 fully saturated rings. The van der Waals surface area contributed by atoms with Crippen LogP contribution in [0.1, 0.15) is 46.0 Å². The van der Waals surface area contributed by atoms with Crippen molar-refractivity contribution in [1.82, 2.24) is 0 Å². The van der Waals surface area contributed by atoms with E-state index in [2.05, 4.69) is 13.8 Å². The van der Waals surface area contributed by atoms with Crippen molar-refractivity contribution in [2.24, 2.45) is 16.7 Å². The molecule has 0 unspecified atom stereocenters. The smallest absolute Gasteiger partial charge is 0.0282 e. The molecule has 0 aromatic rings. The average molecular weight is 187 g/mol. The van der Waals surface area contributed by atoms with Crippen LogP contribution in [-0.4, -0.2) is 5.88 Å². The lowest BCUT2D eigenvalue weighted by atomic mass is 9.43. The van der Waals surface area contributed by atoms with Gasteiger partial charge in [0.1, 0.15) is 0 Å². The van der Waals surface area contributed by atoms with Crippen molar-refractivity contribution in [2.45, 2.75) is 46.0 Å². The van der Waals surface area contributed by atoms with E-state index in [4.69, 9.17) is 11.6 Å². The van der Waals surface area contributed by atoms with E-state index in [0.29, 0.717) is 5.41 Å². The molecular weight excluding hydrogens is 168 g/mol. The van der Waals surface area contributed by atoms with Crippen molar-refractivity contribution in [3.8, 4) is 0 Å². The topological polar surface area (TPSA) is 0 Å². The Balaban J connectivity index is 1.98. The molecule has 70 valence electrons. The van der Waals surface area contributed by atoms with Crippen LogP contribution in [0.15, 0.2) is 0 Å². The van der Waals surface area contributed by atoms with Crippen molar-refractivity contribution in [3.05, 3.63) is 0 Å². The zero-order valence-electron chi connectivity index (χ0n) is 8.20. The van der Waals surface area contributed by atoms with Crippen molar-refractivity contribution in [3.63, 3.8) is 0 Å². The summed E-state index contributed by atoms with van der Waals surface area (Å²) in [6.45, 7) is 4.65. The van der Waals surface area contributed by atoms with Crippen molar-refractivity contribution in [2.75, 3.05) is 5.88 Å². The summed E-state index contributed by atoms with van der Waals surface area (Å²) < 4.78 is 0. The van der Waals surface area contributed by atoms with Gasteiger partial charge in [-0.2, -0.15) is 0 Å². The van der Waals surface area contributed by atoms with Gasteiger partial charge in [0.15, 0.2) is 0 Å². The summed E-state index contributed by atoms with van der Waals surface area (Å²) >= 11 is 6.06. The Hall–Kier alpha value is 0.290. The molecule has 0 aliphatic heterocycles. The van der Waals surface area contributed by atoms with Crippen molar-refractivity contribution in [1.29, 1.82) is 0 Å². The summed E-state index contributed by atoms with van der Waals surface area (Å²) in [6, 6.07) is 0. The lowest BCUT2D eigenvalue weighted by Gasteiger charge is -2.62. The average Bonchev–Trinajstić information content (AvgIpc) is 1.82. The Morgan fingerprint density at radius 3 is 2.08 bits per heavy atom. The highest BCUT2D eigenvalue weighted by molar-refractivity contribution is 6.18. The summed E-state index contributed by atoms with van der Waals surface area (Å²) in [7, 11) is 0. The summed E-state index contributed by atoms with van der Waals surface area (Å²) in [6.07, 6.45) is 7.27. The van der Waals surface area contributed by atoms with Crippen molar-refractivity contribution < 1.29 is 0 Å². The van der Waals surface area contributed by atoms with Gasteiger partial charge in [-0.1, -0.05) is 20.3 Å². The molecule has 0 heterocycles. The molecule has 0 radical (unpaired) electrons. The predicted octanol–water partition coefficient (Wildman–Crippen LogP) is 3.83. The number of hydrogen-bond donors (Lipinski definition) is 0. The van der Waals surface area contributed by atoms with Gasteiger partial charge in [-0.05, 0) is 42.4 Å². The quantitative estimate of drug-likeness (QED) is 0.575. The molecule has 1 spiro atoms. The van der Waals surface area contributed by atoms with E-state index in [-0.39, 0.29) is 0 Å². The van der Waals surface area contributed by atoms with Gasteiger partial charge >= 0.3 is 0 Å². The molecule has 0 nitrogen and oxygen atoms in total. The van der Waals surface area contributed by atoms with Gasteiger partial charge in [0.2, 0.25) is 0 Å². The van der Waals surface area contributed by atoms with Crippen LogP contribution in [0.5, 0.6) is 0 Å².